The smallest absolute Gasteiger partial charge is 0.337 e. The Morgan fingerprint density at radius 2 is 1.81 bits per heavy atom. The Hall–Kier alpha value is -3.20. The van der Waals surface area contributed by atoms with Crippen LogP contribution in [0.25, 0.3) is 0 Å². The molecule has 31 heavy (non-hydrogen) atoms. The number of methoxy groups -OCH3 is 1. The van der Waals surface area contributed by atoms with E-state index in [0.29, 0.717) is 30.6 Å². The summed E-state index contributed by atoms with van der Waals surface area (Å²) in [4.78, 5) is 37.4. The lowest BCUT2D eigenvalue weighted by Crippen LogP contribution is -2.27. The maximum absolute atomic E-state index is 12.7. The number of hydrogen-bond acceptors (Lipinski definition) is 6. The second kappa shape index (κ2) is 9.30. The van der Waals surface area contributed by atoms with Gasteiger partial charge in [0, 0.05) is 30.8 Å². The number of nitrogens with one attached hydrogen (secondary N) is 1. The van der Waals surface area contributed by atoms with Crippen molar-refractivity contribution in [3.8, 4) is 0 Å². The summed E-state index contributed by atoms with van der Waals surface area (Å²) in [6.07, 6.45) is 0.783. The molecule has 0 unspecified atom stereocenters. The number of benzene rings is 2. The second-order valence-corrected chi connectivity index (χ2v) is 9.23. The lowest BCUT2D eigenvalue weighted by Gasteiger charge is -2.16. The number of sulfone groups is 1. The Kier molecular flexibility index (Phi) is 6.74. The molecular formula is C22H24N2O6S. The fourth-order valence-electron chi connectivity index (χ4n) is 3.40. The minimum atomic E-state index is -3.66. The third kappa shape index (κ3) is 5.11. The van der Waals surface area contributed by atoms with E-state index in [1.807, 2.05) is 0 Å². The fourth-order valence-corrected chi connectivity index (χ4v) is 4.68. The van der Waals surface area contributed by atoms with Gasteiger partial charge in [0.05, 0.1) is 23.3 Å². The van der Waals surface area contributed by atoms with E-state index in [9.17, 15) is 22.8 Å². The number of anilines is 2. The summed E-state index contributed by atoms with van der Waals surface area (Å²) in [5, 5.41) is 2.62. The van der Waals surface area contributed by atoms with Crippen LogP contribution in [0.4, 0.5) is 11.4 Å². The summed E-state index contributed by atoms with van der Waals surface area (Å²) >= 11 is 0. The molecule has 0 aromatic heterocycles. The van der Waals surface area contributed by atoms with Crippen LogP contribution in [0.5, 0.6) is 0 Å². The average molecular weight is 445 g/mol. The highest BCUT2D eigenvalue weighted by molar-refractivity contribution is 7.91. The Bertz CT molecular complexity index is 1110. The van der Waals surface area contributed by atoms with Gasteiger partial charge in [0.25, 0.3) is 0 Å². The molecule has 0 spiro atoms. The molecule has 0 fully saturated rings. The molecule has 0 saturated heterocycles. The normalized spacial score (nSPS) is 12.9. The van der Waals surface area contributed by atoms with Crippen LogP contribution in [0.15, 0.2) is 47.4 Å². The zero-order valence-corrected chi connectivity index (χ0v) is 18.2. The molecule has 9 heteroatoms. The molecule has 2 aromatic rings. The number of rotatable bonds is 7. The molecule has 0 saturated carbocycles. The van der Waals surface area contributed by atoms with Gasteiger partial charge in [-0.05, 0) is 54.4 Å². The molecule has 0 aliphatic carbocycles. The van der Waals surface area contributed by atoms with Crippen LogP contribution in [-0.2, 0) is 30.6 Å². The van der Waals surface area contributed by atoms with Crippen molar-refractivity contribution in [1.82, 2.24) is 0 Å². The molecule has 0 bridgehead atoms. The molecule has 0 atom stereocenters. The summed E-state index contributed by atoms with van der Waals surface area (Å²) < 4.78 is 30.0. The predicted molar refractivity (Wildman–Crippen MR) is 116 cm³/mol. The Balaban J connectivity index is 1.62. The van der Waals surface area contributed by atoms with Crippen LogP contribution in [0.3, 0.4) is 0 Å². The van der Waals surface area contributed by atoms with Crippen LogP contribution < -0.4 is 10.2 Å². The van der Waals surface area contributed by atoms with E-state index in [0.717, 1.165) is 11.3 Å². The molecule has 1 N–H and O–H groups in total. The second-order valence-electron chi connectivity index (χ2n) is 7.13. The quantitative estimate of drug-likeness (QED) is 0.658. The topological polar surface area (TPSA) is 110 Å². The number of ether oxygens (including phenoxy) is 1. The molecule has 1 aliphatic rings. The monoisotopic (exact) mass is 444 g/mol. The minimum absolute atomic E-state index is 0.00523. The first-order chi connectivity index (χ1) is 14.7. The highest BCUT2D eigenvalue weighted by atomic mass is 32.2. The maximum atomic E-state index is 12.7. The van der Waals surface area contributed by atoms with Crippen molar-refractivity contribution in [1.29, 1.82) is 0 Å². The largest absolute Gasteiger partial charge is 0.465 e. The van der Waals surface area contributed by atoms with E-state index in [-0.39, 0.29) is 23.0 Å². The van der Waals surface area contributed by atoms with E-state index in [4.69, 9.17) is 0 Å². The lowest BCUT2D eigenvalue weighted by molar-refractivity contribution is -0.118. The molecule has 164 valence electrons. The van der Waals surface area contributed by atoms with Crippen molar-refractivity contribution in [2.24, 2.45) is 0 Å². The van der Waals surface area contributed by atoms with Crippen molar-refractivity contribution < 1.29 is 27.5 Å². The zero-order chi connectivity index (χ0) is 22.6. The summed E-state index contributed by atoms with van der Waals surface area (Å²) in [6.45, 7) is 2.33. The van der Waals surface area contributed by atoms with E-state index in [1.54, 1.807) is 36.1 Å². The van der Waals surface area contributed by atoms with E-state index in [2.05, 4.69) is 10.1 Å². The Labute approximate surface area is 181 Å². The average Bonchev–Trinajstić information content (AvgIpc) is 3.20. The van der Waals surface area contributed by atoms with Crippen LogP contribution in [0.1, 0.15) is 35.7 Å². The SMILES string of the molecule is CCC(=O)N1CCc2cc(S(=O)(=O)CCC(=O)Nc3ccc(C(=O)OC)cc3)ccc21. The van der Waals surface area contributed by atoms with Gasteiger partial charge in [-0.1, -0.05) is 6.92 Å². The van der Waals surface area contributed by atoms with E-state index < -0.39 is 21.7 Å². The van der Waals surface area contributed by atoms with Crippen LogP contribution in [0, 0.1) is 0 Å². The predicted octanol–water partition coefficient (Wildman–Crippen LogP) is 2.57. The minimum Gasteiger partial charge on any atom is -0.465 e. The van der Waals surface area contributed by atoms with Gasteiger partial charge in [-0.3, -0.25) is 9.59 Å². The summed E-state index contributed by atoms with van der Waals surface area (Å²) in [7, 11) is -2.38. The highest BCUT2D eigenvalue weighted by Crippen LogP contribution is 2.31. The van der Waals surface area contributed by atoms with Crippen molar-refractivity contribution in [2.45, 2.75) is 31.1 Å². The number of esters is 1. The summed E-state index contributed by atoms with van der Waals surface area (Å²) in [5.74, 6) is -1.27. The first-order valence-corrected chi connectivity index (χ1v) is 11.5. The highest BCUT2D eigenvalue weighted by Gasteiger charge is 2.26. The molecule has 1 heterocycles. The molecule has 8 nitrogen and oxygen atoms in total. The van der Waals surface area contributed by atoms with Gasteiger partial charge >= 0.3 is 5.97 Å². The van der Waals surface area contributed by atoms with Crippen molar-refractivity contribution >= 4 is 39.0 Å². The Morgan fingerprint density at radius 1 is 1.10 bits per heavy atom. The number of nitrogens with zero attached hydrogens (tertiary/aromatic N) is 1. The molecule has 0 radical (unpaired) electrons. The van der Waals surface area contributed by atoms with Gasteiger partial charge in [-0.25, -0.2) is 13.2 Å². The van der Waals surface area contributed by atoms with Crippen molar-refractivity contribution in [3.63, 3.8) is 0 Å². The molecule has 3 rings (SSSR count). The van der Waals surface area contributed by atoms with Crippen LogP contribution in [-0.4, -0.2) is 45.6 Å². The standard InChI is InChI=1S/C22H24N2O6S/c1-3-21(26)24-12-10-16-14-18(8-9-19(16)24)31(28,29)13-11-20(25)23-17-6-4-15(5-7-17)22(27)30-2/h4-9,14H,3,10-13H2,1-2H3,(H,23,25). The van der Waals surface area contributed by atoms with Gasteiger partial charge in [0.15, 0.2) is 9.84 Å². The summed E-state index contributed by atoms with van der Waals surface area (Å²) in [6, 6.07) is 10.8. The van der Waals surface area contributed by atoms with Gasteiger partial charge in [-0.2, -0.15) is 0 Å². The Morgan fingerprint density at radius 3 is 2.45 bits per heavy atom. The van der Waals surface area contributed by atoms with Crippen molar-refractivity contribution in [3.05, 3.63) is 53.6 Å². The van der Waals surface area contributed by atoms with Crippen molar-refractivity contribution in [2.75, 3.05) is 29.6 Å². The third-order valence-electron chi connectivity index (χ3n) is 5.10. The lowest BCUT2D eigenvalue weighted by atomic mass is 10.2. The number of amides is 2. The fraction of sp³-hybridized carbons (Fsp3) is 0.318. The van der Waals surface area contributed by atoms with Gasteiger partial charge in [0.2, 0.25) is 11.8 Å². The van der Waals surface area contributed by atoms with Gasteiger partial charge in [0.1, 0.15) is 0 Å². The number of hydrogen-bond donors (Lipinski definition) is 1. The number of carbonyl (C=O) groups excluding carboxylic acids is 3. The van der Waals surface area contributed by atoms with Crippen LogP contribution in [0.2, 0.25) is 0 Å². The number of carbonyl (C=O) groups is 3. The maximum Gasteiger partial charge on any atom is 0.337 e. The van der Waals surface area contributed by atoms with E-state index >= 15 is 0 Å². The van der Waals surface area contributed by atoms with E-state index in [1.165, 1.54) is 25.3 Å². The molecular weight excluding hydrogens is 420 g/mol. The summed E-state index contributed by atoms with van der Waals surface area (Å²) in [5.41, 5.74) is 2.36. The first kappa shape index (κ1) is 22.5. The number of fused-ring (bicyclic) bond motifs is 1. The first-order valence-electron chi connectivity index (χ1n) is 9.89. The molecule has 2 amide bonds. The zero-order valence-electron chi connectivity index (χ0n) is 17.4. The third-order valence-corrected chi connectivity index (χ3v) is 6.81. The van der Waals surface area contributed by atoms with Gasteiger partial charge < -0.3 is 15.0 Å². The van der Waals surface area contributed by atoms with Gasteiger partial charge in [-0.15, -0.1) is 0 Å². The molecule has 1 aliphatic heterocycles. The van der Waals surface area contributed by atoms with Crippen LogP contribution >= 0.6 is 0 Å². The molecule has 2 aromatic carbocycles.